The zero-order valence-corrected chi connectivity index (χ0v) is 14.7. The maximum atomic E-state index is 12.0. The minimum absolute atomic E-state index is 0.0572. The molecule has 0 saturated carbocycles. The average Bonchev–Trinajstić information content (AvgIpc) is 2.58. The van der Waals surface area contributed by atoms with Crippen molar-refractivity contribution in [2.45, 2.75) is 46.0 Å². The summed E-state index contributed by atoms with van der Waals surface area (Å²) >= 11 is 0. The number of carbonyl (C=O) groups excluding carboxylic acids is 1. The third-order valence-corrected chi connectivity index (χ3v) is 3.89. The molecule has 0 aliphatic heterocycles. The average molecular weight is 325 g/mol. The molecule has 2 aromatic rings. The lowest BCUT2D eigenvalue weighted by Gasteiger charge is -2.08. The quantitative estimate of drug-likeness (QED) is 0.649. The van der Waals surface area contributed by atoms with Crippen molar-refractivity contribution < 1.29 is 9.53 Å². The Morgan fingerprint density at radius 1 is 1.00 bits per heavy atom. The van der Waals surface area contributed by atoms with Gasteiger partial charge in [0.15, 0.2) is 0 Å². The van der Waals surface area contributed by atoms with Crippen LogP contribution in [-0.4, -0.2) is 12.5 Å². The zero-order chi connectivity index (χ0) is 17.2. The van der Waals surface area contributed by atoms with Gasteiger partial charge in [0.05, 0.1) is 6.61 Å². The van der Waals surface area contributed by atoms with Crippen LogP contribution < -0.4 is 10.1 Å². The number of hydrogen-bond donors (Lipinski definition) is 1. The van der Waals surface area contributed by atoms with Crippen molar-refractivity contribution in [1.29, 1.82) is 0 Å². The van der Waals surface area contributed by atoms with Crippen molar-refractivity contribution in [2.24, 2.45) is 0 Å². The molecule has 0 aromatic heterocycles. The number of carbonyl (C=O) groups is 1. The minimum Gasteiger partial charge on any atom is -0.494 e. The molecule has 2 aromatic carbocycles. The fraction of sp³-hybridized carbons (Fsp3) is 0.381. The molecule has 0 fully saturated rings. The Kier molecular flexibility index (Phi) is 7.34. The summed E-state index contributed by atoms with van der Waals surface area (Å²) in [5.41, 5.74) is 3.36. The third kappa shape index (κ3) is 6.45. The van der Waals surface area contributed by atoms with Gasteiger partial charge in [0.2, 0.25) is 5.91 Å². The predicted molar refractivity (Wildman–Crippen MR) is 99.6 cm³/mol. The van der Waals surface area contributed by atoms with E-state index in [2.05, 4.69) is 43.4 Å². The first-order chi connectivity index (χ1) is 11.7. The Morgan fingerprint density at radius 2 is 1.71 bits per heavy atom. The summed E-state index contributed by atoms with van der Waals surface area (Å²) in [6.07, 6.45) is 4.49. The Labute approximate surface area is 145 Å². The molecule has 0 saturated heterocycles. The molecule has 128 valence electrons. The molecule has 24 heavy (non-hydrogen) atoms. The van der Waals surface area contributed by atoms with Crippen LogP contribution in [0, 0.1) is 6.92 Å². The molecule has 0 atom stereocenters. The second-order valence-electron chi connectivity index (χ2n) is 6.11. The number of anilines is 1. The van der Waals surface area contributed by atoms with Gasteiger partial charge in [-0.05, 0) is 56.0 Å². The number of aryl methyl sites for hydroxylation is 2. The number of ether oxygens (including phenoxy) is 1. The van der Waals surface area contributed by atoms with Crippen molar-refractivity contribution in [3.8, 4) is 5.75 Å². The Morgan fingerprint density at radius 3 is 2.38 bits per heavy atom. The van der Waals surface area contributed by atoms with Gasteiger partial charge in [-0.3, -0.25) is 4.79 Å². The van der Waals surface area contributed by atoms with Crippen molar-refractivity contribution in [3.05, 3.63) is 59.7 Å². The molecule has 0 radical (unpaired) electrons. The molecule has 2 rings (SSSR count). The summed E-state index contributed by atoms with van der Waals surface area (Å²) in [5, 5.41) is 2.94. The Balaban J connectivity index is 1.70. The second-order valence-corrected chi connectivity index (χ2v) is 6.11. The summed E-state index contributed by atoms with van der Waals surface area (Å²) in [4.78, 5) is 12.0. The number of rotatable bonds is 9. The summed E-state index contributed by atoms with van der Waals surface area (Å²) < 4.78 is 5.62. The number of hydrogen-bond acceptors (Lipinski definition) is 2. The standard InChI is InChI=1S/C21H27NO2/c1-3-4-16-24-20-14-12-19(13-15-20)22-21(23)7-5-6-18-10-8-17(2)9-11-18/h8-15H,3-7,16H2,1-2H3,(H,22,23). The van der Waals surface area contributed by atoms with Gasteiger partial charge >= 0.3 is 0 Å². The largest absolute Gasteiger partial charge is 0.494 e. The highest BCUT2D eigenvalue weighted by Gasteiger charge is 2.03. The number of amides is 1. The number of benzene rings is 2. The van der Waals surface area contributed by atoms with E-state index < -0.39 is 0 Å². The third-order valence-electron chi connectivity index (χ3n) is 3.89. The van der Waals surface area contributed by atoms with Crippen LogP contribution in [0.4, 0.5) is 5.69 Å². The molecule has 0 aliphatic rings. The highest BCUT2D eigenvalue weighted by atomic mass is 16.5. The van der Waals surface area contributed by atoms with Crippen molar-refractivity contribution in [2.75, 3.05) is 11.9 Å². The predicted octanol–water partition coefficient (Wildman–Crippen LogP) is 5.14. The molecule has 0 aliphatic carbocycles. The van der Waals surface area contributed by atoms with Crippen LogP contribution in [0.2, 0.25) is 0 Å². The van der Waals surface area contributed by atoms with Gasteiger partial charge in [-0.2, -0.15) is 0 Å². The Bertz CT molecular complexity index is 617. The van der Waals surface area contributed by atoms with Crippen LogP contribution in [0.5, 0.6) is 5.75 Å². The van der Waals surface area contributed by atoms with E-state index in [-0.39, 0.29) is 5.91 Å². The van der Waals surface area contributed by atoms with E-state index >= 15 is 0 Å². The lowest BCUT2D eigenvalue weighted by atomic mass is 10.1. The summed E-state index contributed by atoms with van der Waals surface area (Å²) in [6.45, 7) is 4.96. The minimum atomic E-state index is 0.0572. The second kappa shape index (κ2) is 9.76. The van der Waals surface area contributed by atoms with Crippen molar-refractivity contribution in [3.63, 3.8) is 0 Å². The monoisotopic (exact) mass is 325 g/mol. The van der Waals surface area contributed by atoms with Crippen LogP contribution >= 0.6 is 0 Å². The molecule has 1 amide bonds. The molecule has 3 heteroatoms. The summed E-state index contributed by atoms with van der Waals surface area (Å²) in [6, 6.07) is 16.1. The molecule has 1 N–H and O–H groups in total. The molecule has 3 nitrogen and oxygen atoms in total. The van der Waals surface area contributed by atoms with Gasteiger partial charge in [0.25, 0.3) is 0 Å². The SMILES string of the molecule is CCCCOc1ccc(NC(=O)CCCc2ccc(C)cc2)cc1. The molecular weight excluding hydrogens is 298 g/mol. The molecule has 0 spiro atoms. The van der Waals surface area contributed by atoms with Gasteiger partial charge in [-0.1, -0.05) is 43.2 Å². The fourth-order valence-electron chi connectivity index (χ4n) is 2.40. The van der Waals surface area contributed by atoms with Gasteiger partial charge in [0.1, 0.15) is 5.75 Å². The lowest BCUT2D eigenvalue weighted by Crippen LogP contribution is -2.11. The first-order valence-corrected chi connectivity index (χ1v) is 8.75. The van der Waals surface area contributed by atoms with Gasteiger partial charge in [0, 0.05) is 12.1 Å². The Hall–Kier alpha value is -2.29. The summed E-state index contributed by atoms with van der Waals surface area (Å²) in [7, 11) is 0. The normalized spacial score (nSPS) is 10.4. The zero-order valence-electron chi connectivity index (χ0n) is 14.7. The van der Waals surface area contributed by atoms with E-state index in [1.54, 1.807) is 0 Å². The van der Waals surface area contributed by atoms with Crippen LogP contribution in [-0.2, 0) is 11.2 Å². The molecule has 0 bridgehead atoms. The van der Waals surface area contributed by atoms with E-state index in [1.165, 1.54) is 11.1 Å². The van der Waals surface area contributed by atoms with E-state index in [4.69, 9.17) is 4.74 Å². The maximum absolute atomic E-state index is 12.0. The van der Waals surface area contributed by atoms with Gasteiger partial charge < -0.3 is 10.1 Å². The van der Waals surface area contributed by atoms with Crippen LogP contribution in [0.1, 0.15) is 43.7 Å². The topological polar surface area (TPSA) is 38.3 Å². The highest BCUT2D eigenvalue weighted by molar-refractivity contribution is 5.90. The van der Waals surface area contributed by atoms with Crippen LogP contribution in [0.3, 0.4) is 0 Å². The van der Waals surface area contributed by atoms with Gasteiger partial charge in [-0.25, -0.2) is 0 Å². The van der Waals surface area contributed by atoms with E-state index in [1.807, 2.05) is 24.3 Å². The summed E-state index contributed by atoms with van der Waals surface area (Å²) in [5.74, 6) is 0.905. The number of unbranched alkanes of at least 4 members (excludes halogenated alkanes) is 1. The maximum Gasteiger partial charge on any atom is 0.224 e. The molecular formula is C21H27NO2. The molecule has 0 unspecified atom stereocenters. The van der Waals surface area contributed by atoms with E-state index in [9.17, 15) is 4.79 Å². The molecule has 0 heterocycles. The number of nitrogens with one attached hydrogen (secondary N) is 1. The van der Waals surface area contributed by atoms with Gasteiger partial charge in [-0.15, -0.1) is 0 Å². The first kappa shape index (κ1) is 18.1. The van der Waals surface area contributed by atoms with Crippen LogP contribution in [0.25, 0.3) is 0 Å². The smallest absolute Gasteiger partial charge is 0.224 e. The first-order valence-electron chi connectivity index (χ1n) is 8.75. The van der Waals surface area contributed by atoms with E-state index in [0.717, 1.165) is 43.7 Å². The lowest BCUT2D eigenvalue weighted by molar-refractivity contribution is -0.116. The van der Waals surface area contributed by atoms with Crippen LogP contribution in [0.15, 0.2) is 48.5 Å². The van der Waals surface area contributed by atoms with Crippen molar-refractivity contribution in [1.82, 2.24) is 0 Å². The van der Waals surface area contributed by atoms with Crippen molar-refractivity contribution >= 4 is 11.6 Å². The highest BCUT2D eigenvalue weighted by Crippen LogP contribution is 2.16. The fourth-order valence-corrected chi connectivity index (χ4v) is 2.40. The van der Waals surface area contributed by atoms with E-state index in [0.29, 0.717) is 6.42 Å².